The van der Waals surface area contributed by atoms with Crippen molar-refractivity contribution in [1.29, 1.82) is 0 Å². The molecule has 1 atom stereocenters. The Morgan fingerprint density at radius 2 is 1.72 bits per heavy atom. The van der Waals surface area contributed by atoms with Crippen LogP contribution in [0.25, 0.3) is 5.76 Å². The van der Waals surface area contributed by atoms with E-state index in [4.69, 9.17) is 4.74 Å². The Morgan fingerprint density at radius 1 is 1.07 bits per heavy atom. The first kappa shape index (κ1) is 20.8. The second-order valence-corrected chi connectivity index (χ2v) is 7.53. The quantitative estimate of drug-likeness (QED) is 0.330. The molecular weight excluding hydrogens is 366 g/mol. The van der Waals surface area contributed by atoms with Crippen LogP contribution in [0.3, 0.4) is 0 Å². The van der Waals surface area contributed by atoms with Crippen molar-refractivity contribution in [1.82, 2.24) is 4.90 Å². The van der Waals surface area contributed by atoms with Crippen LogP contribution in [0.2, 0.25) is 0 Å². The highest BCUT2D eigenvalue weighted by atomic mass is 16.5. The van der Waals surface area contributed by atoms with Gasteiger partial charge in [0.25, 0.3) is 11.7 Å². The van der Waals surface area contributed by atoms with Crippen LogP contribution < -0.4 is 0 Å². The summed E-state index contributed by atoms with van der Waals surface area (Å²) < 4.78 is 5.11. The summed E-state index contributed by atoms with van der Waals surface area (Å²) in [6.45, 7) is 5.09. The van der Waals surface area contributed by atoms with E-state index in [1.807, 2.05) is 30.3 Å². The number of carbonyl (C=O) groups excluding carboxylic acids is 2. The summed E-state index contributed by atoms with van der Waals surface area (Å²) in [6, 6.07) is 16.2. The lowest BCUT2D eigenvalue weighted by Gasteiger charge is -2.25. The minimum Gasteiger partial charge on any atom is -0.507 e. The Balaban J connectivity index is 2.09. The molecule has 1 aliphatic heterocycles. The number of likely N-dealkylation sites (tertiary alicyclic amines) is 1. The Kier molecular flexibility index (Phi) is 6.49. The number of aliphatic hydroxyl groups excluding tert-OH is 1. The lowest BCUT2D eigenvalue weighted by Crippen LogP contribution is -2.31. The van der Waals surface area contributed by atoms with Crippen molar-refractivity contribution in [2.45, 2.75) is 32.2 Å². The highest BCUT2D eigenvalue weighted by Gasteiger charge is 2.45. The molecular formula is C24H27NO4. The third-order valence-corrected chi connectivity index (χ3v) is 5.25. The van der Waals surface area contributed by atoms with Crippen LogP contribution in [0.1, 0.15) is 48.9 Å². The average Bonchev–Trinajstić information content (AvgIpc) is 2.99. The van der Waals surface area contributed by atoms with Crippen molar-refractivity contribution in [2.75, 3.05) is 20.3 Å². The van der Waals surface area contributed by atoms with Gasteiger partial charge < -0.3 is 14.7 Å². The van der Waals surface area contributed by atoms with Gasteiger partial charge in [-0.3, -0.25) is 9.59 Å². The molecule has 1 amide bonds. The molecule has 0 aromatic heterocycles. The number of amides is 1. The molecule has 2 aromatic carbocycles. The summed E-state index contributed by atoms with van der Waals surface area (Å²) >= 11 is 0. The Morgan fingerprint density at radius 3 is 2.31 bits per heavy atom. The molecule has 29 heavy (non-hydrogen) atoms. The highest BCUT2D eigenvalue weighted by molar-refractivity contribution is 6.46. The van der Waals surface area contributed by atoms with Crippen molar-refractivity contribution in [3.63, 3.8) is 0 Å². The molecule has 1 unspecified atom stereocenters. The van der Waals surface area contributed by atoms with Crippen molar-refractivity contribution >= 4 is 17.4 Å². The molecule has 1 N–H and O–H groups in total. The van der Waals surface area contributed by atoms with Crippen molar-refractivity contribution < 1.29 is 19.4 Å². The lowest BCUT2D eigenvalue weighted by atomic mass is 9.93. The molecule has 5 heteroatoms. The molecule has 1 heterocycles. The van der Waals surface area contributed by atoms with Crippen molar-refractivity contribution in [3.8, 4) is 0 Å². The first-order chi connectivity index (χ1) is 14.0. The van der Waals surface area contributed by atoms with Crippen LogP contribution in [0.4, 0.5) is 0 Å². The second-order valence-electron chi connectivity index (χ2n) is 7.53. The molecule has 3 rings (SSSR count). The number of rotatable bonds is 7. The van der Waals surface area contributed by atoms with E-state index in [2.05, 4.69) is 13.8 Å². The summed E-state index contributed by atoms with van der Waals surface area (Å²) in [5.41, 5.74) is 2.64. The number of Topliss-reactive ketones (excluding diaryl/α,β-unsaturated/α-hetero) is 1. The summed E-state index contributed by atoms with van der Waals surface area (Å²) in [6.07, 6.45) is 0.607. The minimum atomic E-state index is -0.651. The first-order valence-electron chi connectivity index (χ1n) is 9.88. The summed E-state index contributed by atoms with van der Waals surface area (Å²) in [5.74, 6) is -1.00. The van der Waals surface area contributed by atoms with Crippen LogP contribution in [-0.2, 0) is 14.3 Å². The fraction of sp³-hybridized carbons (Fsp3) is 0.333. The summed E-state index contributed by atoms with van der Waals surface area (Å²) in [7, 11) is 1.60. The Bertz CT molecular complexity index is 900. The molecule has 1 aliphatic rings. The van der Waals surface area contributed by atoms with Crippen LogP contribution in [0, 0.1) is 0 Å². The van der Waals surface area contributed by atoms with Gasteiger partial charge in [-0.2, -0.15) is 0 Å². The van der Waals surface area contributed by atoms with E-state index < -0.39 is 17.7 Å². The van der Waals surface area contributed by atoms with E-state index in [-0.39, 0.29) is 11.3 Å². The zero-order valence-corrected chi connectivity index (χ0v) is 17.1. The fourth-order valence-corrected chi connectivity index (χ4v) is 3.65. The lowest BCUT2D eigenvalue weighted by molar-refractivity contribution is -0.140. The first-order valence-corrected chi connectivity index (χ1v) is 9.88. The number of hydrogen-bond acceptors (Lipinski definition) is 4. The number of nitrogens with zero attached hydrogens (tertiary/aromatic N) is 1. The maximum absolute atomic E-state index is 12.9. The van der Waals surface area contributed by atoms with E-state index in [1.165, 1.54) is 5.56 Å². The molecule has 2 aromatic rings. The average molecular weight is 393 g/mol. The number of hydrogen-bond donors (Lipinski definition) is 1. The van der Waals surface area contributed by atoms with Gasteiger partial charge >= 0.3 is 0 Å². The molecule has 0 spiro atoms. The minimum absolute atomic E-state index is 0.135. The predicted molar refractivity (Wildman–Crippen MR) is 112 cm³/mol. The largest absolute Gasteiger partial charge is 0.507 e. The number of ether oxygens (including phenoxy) is 1. The maximum Gasteiger partial charge on any atom is 0.295 e. The van der Waals surface area contributed by atoms with Gasteiger partial charge in [0.1, 0.15) is 5.76 Å². The molecule has 0 radical (unpaired) electrons. The number of benzene rings is 2. The van der Waals surface area contributed by atoms with Crippen molar-refractivity contribution in [3.05, 3.63) is 76.9 Å². The zero-order chi connectivity index (χ0) is 21.0. The third kappa shape index (κ3) is 4.25. The standard InChI is InChI=1S/C24H27NO4/c1-16(2)17-10-12-18(13-11-17)21-20(22(26)19-8-5-4-6-9-19)23(27)24(28)25(21)14-7-15-29-3/h4-6,8-13,16,21,26H,7,14-15H2,1-3H3/b22-20-. The second kappa shape index (κ2) is 9.05. The number of methoxy groups -OCH3 is 1. The van der Waals surface area contributed by atoms with Gasteiger partial charge in [-0.15, -0.1) is 0 Å². The van der Waals surface area contributed by atoms with E-state index in [9.17, 15) is 14.7 Å². The van der Waals surface area contributed by atoms with E-state index in [0.29, 0.717) is 31.1 Å². The smallest absolute Gasteiger partial charge is 0.295 e. The van der Waals surface area contributed by atoms with E-state index in [0.717, 1.165) is 5.56 Å². The van der Waals surface area contributed by atoms with Gasteiger partial charge in [0.15, 0.2) is 0 Å². The summed E-state index contributed by atoms with van der Waals surface area (Å²) in [4.78, 5) is 27.2. The maximum atomic E-state index is 12.9. The van der Waals surface area contributed by atoms with Gasteiger partial charge in [-0.1, -0.05) is 68.4 Å². The van der Waals surface area contributed by atoms with Crippen LogP contribution in [0.5, 0.6) is 0 Å². The predicted octanol–water partition coefficient (Wildman–Crippen LogP) is 4.27. The Hall–Kier alpha value is -2.92. The van der Waals surface area contributed by atoms with Crippen molar-refractivity contribution in [2.24, 2.45) is 0 Å². The molecule has 1 saturated heterocycles. The van der Waals surface area contributed by atoms with Crippen LogP contribution >= 0.6 is 0 Å². The topological polar surface area (TPSA) is 66.8 Å². The van der Waals surface area contributed by atoms with Crippen LogP contribution in [-0.4, -0.2) is 42.0 Å². The van der Waals surface area contributed by atoms with Gasteiger partial charge in [-0.25, -0.2) is 0 Å². The molecule has 0 saturated carbocycles. The molecule has 0 aliphatic carbocycles. The van der Waals surface area contributed by atoms with Crippen LogP contribution in [0.15, 0.2) is 60.2 Å². The van der Waals surface area contributed by atoms with Gasteiger partial charge in [0.05, 0.1) is 11.6 Å². The van der Waals surface area contributed by atoms with E-state index >= 15 is 0 Å². The number of carbonyl (C=O) groups is 2. The number of aliphatic hydroxyl groups is 1. The number of ketones is 1. The normalized spacial score (nSPS) is 18.6. The molecule has 1 fully saturated rings. The molecule has 5 nitrogen and oxygen atoms in total. The van der Waals surface area contributed by atoms with Gasteiger partial charge in [0, 0.05) is 25.8 Å². The Labute approximate surface area is 171 Å². The highest BCUT2D eigenvalue weighted by Crippen LogP contribution is 2.39. The summed E-state index contributed by atoms with van der Waals surface area (Å²) in [5, 5.41) is 10.9. The van der Waals surface area contributed by atoms with Gasteiger partial charge in [-0.05, 0) is 23.5 Å². The zero-order valence-electron chi connectivity index (χ0n) is 17.1. The fourth-order valence-electron chi connectivity index (χ4n) is 3.65. The molecule has 0 bridgehead atoms. The van der Waals surface area contributed by atoms with E-state index in [1.54, 1.807) is 36.3 Å². The SMILES string of the molecule is COCCCN1C(=O)C(=O)/C(=C(\O)c2ccccc2)C1c1ccc(C(C)C)cc1. The third-order valence-electron chi connectivity index (χ3n) is 5.25. The monoisotopic (exact) mass is 393 g/mol. The van der Waals surface area contributed by atoms with Gasteiger partial charge in [0.2, 0.25) is 0 Å². The molecule has 152 valence electrons.